The molecule has 4 bridgehead atoms. The van der Waals surface area contributed by atoms with Crippen LogP contribution >= 0.6 is 11.3 Å². The summed E-state index contributed by atoms with van der Waals surface area (Å²) in [5, 5.41) is 25.4. The minimum Gasteiger partial charge on any atom is -0.448 e. The number of benzene rings is 2. The second-order valence-corrected chi connectivity index (χ2v) is 19.5. The lowest BCUT2D eigenvalue weighted by atomic mass is 9.64. The summed E-state index contributed by atoms with van der Waals surface area (Å²) < 4.78 is 13.3. The number of ketones is 1. The molecule has 6 aliphatic rings. The van der Waals surface area contributed by atoms with E-state index in [1.54, 1.807) is 4.90 Å². The van der Waals surface area contributed by atoms with E-state index in [9.17, 15) is 19.8 Å². The third-order valence-electron chi connectivity index (χ3n) is 15.2. The number of carbonyl (C=O) groups excluding carboxylic acids is 3. The average molecular weight is 768 g/mol. The molecule has 55 heavy (non-hydrogen) atoms. The Morgan fingerprint density at radius 1 is 0.982 bits per heavy atom. The molecule has 294 valence electrons. The van der Waals surface area contributed by atoms with Crippen molar-refractivity contribution in [3.63, 3.8) is 0 Å². The van der Waals surface area contributed by atoms with Gasteiger partial charge in [0.25, 0.3) is 5.91 Å². The van der Waals surface area contributed by atoms with Crippen LogP contribution in [0.15, 0.2) is 60.2 Å². The first-order valence-corrected chi connectivity index (χ1v) is 21.3. The summed E-state index contributed by atoms with van der Waals surface area (Å²) in [4.78, 5) is 45.6. The van der Waals surface area contributed by atoms with Gasteiger partial charge >= 0.3 is 5.97 Å². The van der Waals surface area contributed by atoms with Crippen LogP contribution in [0.2, 0.25) is 0 Å². The van der Waals surface area contributed by atoms with Crippen LogP contribution in [0.4, 0.5) is 0 Å². The molecule has 0 unspecified atom stereocenters. The van der Waals surface area contributed by atoms with Crippen molar-refractivity contribution in [1.29, 1.82) is 0 Å². The van der Waals surface area contributed by atoms with Gasteiger partial charge in [0.05, 0.1) is 34.6 Å². The molecular weight excluding hydrogens is 711 g/mol. The number of ether oxygens (including phenoxy) is 2. The Labute approximate surface area is 329 Å². The van der Waals surface area contributed by atoms with Crippen LogP contribution in [0.3, 0.4) is 0 Å². The summed E-state index contributed by atoms with van der Waals surface area (Å²) in [6, 6.07) is 16.1. The van der Waals surface area contributed by atoms with E-state index in [1.165, 1.54) is 16.9 Å². The van der Waals surface area contributed by atoms with Gasteiger partial charge in [-0.2, -0.15) is 0 Å². The van der Waals surface area contributed by atoms with Gasteiger partial charge in [0.2, 0.25) is 5.78 Å². The number of nitrogens with zero attached hydrogens (tertiary/aromatic N) is 1. The molecule has 1 aromatic heterocycles. The molecular formula is C46H57NO7S. The summed E-state index contributed by atoms with van der Waals surface area (Å²) in [5.41, 5.74) is -1.19. The first-order chi connectivity index (χ1) is 26.1. The fourth-order valence-corrected chi connectivity index (χ4v) is 12.0. The Kier molecular flexibility index (Phi) is 9.75. The normalized spacial score (nSPS) is 34.3. The molecule has 2 aliphatic heterocycles. The van der Waals surface area contributed by atoms with Crippen LogP contribution in [0.25, 0.3) is 10.1 Å². The molecule has 3 aromatic rings. The maximum atomic E-state index is 15.1. The lowest BCUT2D eigenvalue weighted by Crippen LogP contribution is -2.61. The highest BCUT2D eigenvalue weighted by Crippen LogP contribution is 2.66. The van der Waals surface area contributed by atoms with Gasteiger partial charge in [0, 0.05) is 34.2 Å². The first kappa shape index (κ1) is 38.5. The highest BCUT2D eigenvalue weighted by molar-refractivity contribution is 7.21. The topological polar surface area (TPSA) is 113 Å². The molecule has 0 spiro atoms. The molecule has 9 heteroatoms. The highest BCUT2D eigenvalue weighted by atomic mass is 32.1. The van der Waals surface area contributed by atoms with Crippen LogP contribution in [0.5, 0.6) is 0 Å². The minimum absolute atomic E-state index is 0.0444. The molecule has 2 aromatic carbocycles. The predicted octanol–water partition coefficient (Wildman–Crippen LogP) is 8.30. The summed E-state index contributed by atoms with van der Waals surface area (Å²) in [7, 11) is 0. The van der Waals surface area contributed by atoms with Crippen molar-refractivity contribution in [1.82, 2.24) is 4.90 Å². The summed E-state index contributed by atoms with van der Waals surface area (Å²) in [6.07, 6.45) is 8.57. The third-order valence-corrected chi connectivity index (χ3v) is 16.3. The van der Waals surface area contributed by atoms with Crippen molar-refractivity contribution >= 4 is 39.1 Å². The summed E-state index contributed by atoms with van der Waals surface area (Å²) in [6.45, 7) is 11.2. The number of allylic oxidation sites excluding steroid dienone is 2. The fourth-order valence-electron chi connectivity index (χ4n) is 11.0. The standard InChI is InChI=1S/C46H57NO7S/c1-29-10-8-19-43(4)36(34-17-15-30(24-32(48)16-14-29)25-35(34)39(49)38-26-31-11-6-7-13-37(31)55-38)18-20-45(43,52)28-47(27-33-12-9-23-53-33)40(50)46-22-21-44(5,41(51)54-46)42(46,2)3/h6-7,10-11,13,15,17,25-26,32-33,36,48,52H,8-9,12,14,16,18-24,27-28H2,1-5H3/t32-,33+,36-,43-,44-,45+,46+/m0/s1. The van der Waals surface area contributed by atoms with Gasteiger partial charge in [0.1, 0.15) is 0 Å². The zero-order valence-corrected chi connectivity index (χ0v) is 33.9. The number of hydrogen-bond acceptors (Lipinski definition) is 8. The molecule has 3 heterocycles. The van der Waals surface area contributed by atoms with Crippen molar-refractivity contribution < 1.29 is 34.1 Å². The number of thiophene rings is 1. The monoisotopic (exact) mass is 767 g/mol. The van der Waals surface area contributed by atoms with Crippen molar-refractivity contribution in [2.24, 2.45) is 16.2 Å². The van der Waals surface area contributed by atoms with E-state index >= 15 is 4.79 Å². The number of aliphatic hydroxyl groups excluding tert-OH is 1. The van der Waals surface area contributed by atoms with Crippen molar-refractivity contribution in [3.05, 3.63) is 81.7 Å². The van der Waals surface area contributed by atoms with Crippen LogP contribution in [-0.2, 0) is 25.5 Å². The quantitative estimate of drug-likeness (QED) is 0.141. The van der Waals surface area contributed by atoms with Gasteiger partial charge in [-0.05, 0) is 125 Å². The lowest BCUT2D eigenvalue weighted by molar-refractivity contribution is -0.178. The second kappa shape index (κ2) is 13.9. The Morgan fingerprint density at radius 3 is 2.49 bits per heavy atom. The molecule has 7 atom stereocenters. The molecule has 1 amide bonds. The fraction of sp³-hybridized carbons (Fsp3) is 0.587. The number of hydrogen-bond donors (Lipinski definition) is 2. The predicted molar refractivity (Wildman–Crippen MR) is 214 cm³/mol. The number of carbonyl (C=O) groups is 3. The molecule has 8 nitrogen and oxygen atoms in total. The van der Waals surface area contributed by atoms with Gasteiger partial charge in [-0.1, -0.05) is 62.8 Å². The zero-order valence-electron chi connectivity index (χ0n) is 33.1. The van der Waals surface area contributed by atoms with E-state index in [1.807, 2.05) is 63.2 Å². The van der Waals surface area contributed by atoms with E-state index in [0.717, 1.165) is 40.5 Å². The smallest absolute Gasteiger partial charge is 0.313 e. The molecule has 4 aliphatic carbocycles. The van der Waals surface area contributed by atoms with Crippen LogP contribution < -0.4 is 0 Å². The number of esters is 1. The Hall–Kier alpha value is -3.37. The molecule has 4 fully saturated rings. The molecule has 2 saturated heterocycles. The Bertz CT molecular complexity index is 2010. The van der Waals surface area contributed by atoms with Gasteiger partial charge in [-0.25, -0.2) is 0 Å². The number of fused-ring (bicyclic) bond motifs is 11. The summed E-state index contributed by atoms with van der Waals surface area (Å²) in [5.74, 6) is -0.782. The van der Waals surface area contributed by atoms with Crippen molar-refractivity contribution in [2.45, 2.75) is 135 Å². The van der Waals surface area contributed by atoms with E-state index in [0.29, 0.717) is 75.0 Å². The van der Waals surface area contributed by atoms with Gasteiger partial charge in [-0.3, -0.25) is 14.4 Å². The van der Waals surface area contributed by atoms with Crippen LogP contribution in [0.1, 0.15) is 131 Å². The number of amides is 1. The highest BCUT2D eigenvalue weighted by Gasteiger charge is 2.76. The van der Waals surface area contributed by atoms with Crippen molar-refractivity contribution in [3.8, 4) is 0 Å². The van der Waals surface area contributed by atoms with E-state index in [2.05, 4.69) is 26.0 Å². The molecule has 2 saturated carbocycles. The third kappa shape index (κ3) is 6.14. The Balaban J connectivity index is 1.21. The largest absolute Gasteiger partial charge is 0.448 e. The first-order valence-electron chi connectivity index (χ1n) is 20.5. The Morgan fingerprint density at radius 2 is 1.78 bits per heavy atom. The maximum Gasteiger partial charge on any atom is 0.313 e. The van der Waals surface area contributed by atoms with Gasteiger partial charge in [-0.15, -0.1) is 11.3 Å². The van der Waals surface area contributed by atoms with Gasteiger partial charge < -0.3 is 24.6 Å². The SMILES string of the molecule is CC1=CCC[C@@]2(C)[C@@H](CC[C@@]2(O)CN(C[C@H]2CCCO2)C(=O)[C@@]23CC[C@@](C)(C(=O)O2)C3(C)C)c2ccc(cc2C(=O)c2cc3ccccc3s2)C[C@@H](O)CC1. The number of aliphatic hydroxyl groups is 2. The van der Waals surface area contributed by atoms with E-state index in [4.69, 9.17) is 9.47 Å². The summed E-state index contributed by atoms with van der Waals surface area (Å²) >= 11 is 1.49. The minimum atomic E-state index is -1.32. The van der Waals surface area contributed by atoms with E-state index in [-0.39, 0.29) is 36.2 Å². The zero-order chi connectivity index (χ0) is 39.0. The van der Waals surface area contributed by atoms with Crippen molar-refractivity contribution in [2.75, 3.05) is 19.7 Å². The van der Waals surface area contributed by atoms with E-state index < -0.39 is 33.6 Å². The lowest BCUT2D eigenvalue weighted by Gasteiger charge is -2.48. The second-order valence-electron chi connectivity index (χ2n) is 18.4. The van der Waals surface area contributed by atoms with Crippen LogP contribution in [-0.4, -0.2) is 75.9 Å². The number of rotatable bonds is 7. The molecule has 0 radical (unpaired) electrons. The molecule has 2 N–H and O–H groups in total. The average Bonchev–Trinajstić information content (AvgIpc) is 3.94. The van der Waals surface area contributed by atoms with Gasteiger partial charge in [0.15, 0.2) is 5.60 Å². The van der Waals surface area contributed by atoms with Crippen LogP contribution in [0, 0.1) is 16.2 Å². The molecule has 9 rings (SSSR count). The maximum absolute atomic E-state index is 15.1.